The van der Waals surface area contributed by atoms with E-state index in [0.717, 1.165) is 50.6 Å². The number of sulfonamides is 2. The van der Waals surface area contributed by atoms with Crippen LogP contribution in [0.4, 0.5) is 4.39 Å². The molecule has 12 heteroatoms. The zero-order chi connectivity index (χ0) is 24.3. The van der Waals surface area contributed by atoms with Crippen molar-refractivity contribution in [3.05, 3.63) is 96.6 Å². The average Bonchev–Trinajstić information content (AvgIpc) is 2.84. The molecular formula is C21H21FNO7PS2. The maximum Gasteiger partial charge on any atom is 0.389 e. The number of benzene rings is 3. The molecule has 0 bridgehead atoms. The lowest BCUT2D eigenvalue weighted by Gasteiger charge is -2.38. The van der Waals surface area contributed by atoms with Gasteiger partial charge in [-0.05, 0) is 28.0 Å². The first-order valence-electron chi connectivity index (χ1n) is 9.42. The number of halogens is 1. The molecule has 3 aromatic rings. The molecule has 0 aliphatic rings. The Morgan fingerprint density at radius 3 is 1.36 bits per heavy atom. The molecule has 0 aliphatic carbocycles. The van der Waals surface area contributed by atoms with Crippen LogP contribution in [0.25, 0.3) is 0 Å². The molecule has 8 nitrogen and oxygen atoms in total. The Morgan fingerprint density at radius 1 is 0.697 bits per heavy atom. The van der Waals surface area contributed by atoms with Gasteiger partial charge >= 0.3 is 13.1 Å². The molecule has 0 fully saturated rings. The Balaban J connectivity index is 2.50. The fourth-order valence-electron chi connectivity index (χ4n) is 3.15. The fourth-order valence-corrected chi connectivity index (χ4v) is 9.48. The molecule has 0 heterocycles. The Hall–Kier alpha value is -2.40. The highest BCUT2D eigenvalue weighted by Gasteiger charge is 2.66. The van der Waals surface area contributed by atoms with E-state index < -0.39 is 52.2 Å². The van der Waals surface area contributed by atoms with E-state index in [1.165, 1.54) is 54.6 Å². The molecule has 1 unspecified atom stereocenters. The summed E-state index contributed by atoms with van der Waals surface area (Å²) in [5.41, 5.74) is -4.35. The van der Waals surface area contributed by atoms with Gasteiger partial charge in [0.15, 0.2) is 0 Å². The van der Waals surface area contributed by atoms with Gasteiger partial charge in [-0.2, -0.15) is 0 Å². The first-order chi connectivity index (χ1) is 15.6. The third-order valence-electron chi connectivity index (χ3n) is 4.75. The van der Waals surface area contributed by atoms with Gasteiger partial charge in [0, 0.05) is 19.8 Å². The normalized spacial score (nSPS) is 14.7. The SMILES string of the molecule is COP(=O)(OC)C(F)(c1ccccc1)N(S(=O)(=O)c1ccccc1)S(=O)(=O)c1ccccc1. The number of nitrogens with zero attached hydrogens (tertiary/aromatic N) is 1. The van der Waals surface area contributed by atoms with Gasteiger partial charge in [0.2, 0.25) is 0 Å². The Labute approximate surface area is 192 Å². The molecule has 3 aromatic carbocycles. The smallest absolute Gasteiger partial charge is 0.308 e. The minimum Gasteiger partial charge on any atom is -0.308 e. The first kappa shape index (κ1) is 25.2. The number of rotatable bonds is 9. The topological polar surface area (TPSA) is 107 Å². The summed E-state index contributed by atoms with van der Waals surface area (Å²) in [7, 11) is -13.8. The highest BCUT2D eigenvalue weighted by Crippen LogP contribution is 2.68. The molecule has 0 aliphatic heterocycles. The van der Waals surface area contributed by atoms with Crippen LogP contribution in [0.3, 0.4) is 0 Å². The third-order valence-corrected chi connectivity index (χ3v) is 11.5. The predicted molar refractivity (Wildman–Crippen MR) is 120 cm³/mol. The summed E-state index contributed by atoms with van der Waals surface area (Å²) in [5.74, 6) is 0. The van der Waals surface area contributed by atoms with Crippen molar-refractivity contribution in [1.29, 1.82) is 0 Å². The highest BCUT2D eigenvalue weighted by atomic mass is 32.3. The monoisotopic (exact) mass is 513 g/mol. The Kier molecular flexibility index (Phi) is 7.23. The zero-order valence-corrected chi connectivity index (χ0v) is 20.1. The minimum absolute atomic E-state index is 0.416. The second-order valence-corrected chi connectivity index (χ2v) is 12.8. The van der Waals surface area contributed by atoms with E-state index in [1.54, 1.807) is 0 Å². The van der Waals surface area contributed by atoms with Crippen LogP contribution in [0.15, 0.2) is 101 Å². The van der Waals surface area contributed by atoms with Crippen LogP contribution in [-0.2, 0) is 39.2 Å². The predicted octanol–water partition coefficient (Wildman–Crippen LogP) is 4.33. The van der Waals surface area contributed by atoms with Crippen LogP contribution in [0, 0.1) is 0 Å². The van der Waals surface area contributed by atoms with Gasteiger partial charge in [0.1, 0.15) is 0 Å². The molecular weight excluding hydrogens is 492 g/mol. The van der Waals surface area contributed by atoms with Gasteiger partial charge < -0.3 is 9.05 Å². The second-order valence-electron chi connectivity index (χ2n) is 6.65. The molecule has 0 spiro atoms. The summed E-state index contributed by atoms with van der Waals surface area (Å²) in [6, 6.07) is 19.1. The summed E-state index contributed by atoms with van der Waals surface area (Å²) in [4.78, 5) is -1.08. The second kappa shape index (κ2) is 9.46. The van der Waals surface area contributed by atoms with Crippen LogP contribution >= 0.6 is 7.60 Å². The van der Waals surface area contributed by atoms with Gasteiger partial charge in [-0.25, -0.2) is 21.2 Å². The Bertz CT molecular complexity index is 1280. The van der Waals surface area contributed by atoms with E-state index in [1.807, 2.05) is 0 Å². The van der Waals surface area contributed by atoms with E-state index >= 15 is 4.39 Å². The summed E-state index contributed by atoms with van der Waals surface area (Å²) in [6.45, 7) is 0. The van der Waals surface area contributed by atoms with Crippen molar-refractivity contribution in [3.8, 4) is 0 Å². The largest absolute Gasteiger partial charge is 0.389 e. The van der Waals surface area contributed by atoms with Crippen LogP contribution in [-0.4, -0.2) is 34.8 Å². The lowest BCUT2D eigenvalue weighted by molar-refractivity contribution is 0.111. The first-order valence-corrected chi connectivity index (χ1v) is 13.8. The summed E-state index contributed by atoms with van der Waals surface area (Å²) in [5, 5.41) is 0. The zero-order valence-electron chi connectivity index (χ0n) is 17.6. The summed E-state index contributed by atoms with van der Waals surface area (Å²) >= 11 is 0. The lowest BCUT2D eigenvalue weighted by Crippen LogP contribution is -2.50. The molecule has 0 aromatic heterocycles. The van der Waals surface area contributed by atoms with Crippen LogP contribution in [0.2, 0.25) is 0 Å². The molecule has 3 rings (SSSR count). The van der Waals surface area contributed by atoms with Gasteiger partial charge in [-0.3, -0.25) is 4.57 Å². The van der Waals surface area contributed by atoms with Crippen LogP contribution < -0.4 is 0 Å². The molecule has 0 amide bonds. The van der Waals surface area contributed by atoms with Crippen molar-refractivity contribution in [2.75, 3.05) is 14.2 Å². The van der Waals surface area contributed by atoms with Gasteiger partial charge in [-0.15, -0.1) is 0 Å². The highest BCUT2D eigenvalue weighted by molar-refractivity contribution is 8.04. The number of hydrogen-bond acceptors (Lipinski definition) is 7. The third kappa shape index (κ3) is 4.28. The summed E-state index contributed by atoms with van der Waals surface area (Å²) < 4.78 is 95.0. The molecule has 0 saturated carbocycles. The molecule has 0 N–H and O–H groups in total. The molecule has 33 heavy (non-hydrogen) atoms. The maximum atomic E-state index is 17.3. The minimum atomic E-state index is -5.18. The van der Waals surface area contributed by atoms with Crippen LogP contribution in [0.5, 0.6) is 0 Å². The number of hydrogen-bond donors (Lipinski definition) is 0. The van der Waals surface area contributed by atoms with Crippen molar-refractivity contribution in [3.63, 3.8) is 0 Å². The quantitative estimate of drug-likeness (QED) is 0.310. The van der Waals surface area contributed by atoms with Crippen molar-refractivity contribution in [1.82, 2.24) is 3.71 Å². The molecule has 1 atom stereocenters. The van der Waals surface area contributed by atoms with Crippen molar-refractivity contribution in [2.45, 2.75) is 15.3 Å². The van der Waals surface area contributed by atoms with Crippen molar-refractivity contribution >= 4 is 27.6 Å². The van der Waals surface area contributed by atoms with Gasteiger partial charge in [-0.1, -0.05) is 66.7 Å². The van der Waals surface area contributed by atoms with E-state index in [9.17, 15) is 21.4 Å². The molecule has 176 valence electrons. The Morgan fingerprint density at radius 2 is 1.03 bits per heavy atom. The van der Waals surface area contributed by atoms with E-state index in [4.69, 9.17) is 9.05 Å². The number of alkyl halides is 1. The van der Waals surface area contributed by atoms with E-state index in [-0.39, 0.29) is 0 Å². The van der Waals surface area contributed by atoms with Gasteiger partial charge in [0.05, 0.1) is 9.79 Å². The lowest BCUT2D eigenvalue weighted by atomic mass is 10.2. The van der Waals surface area contributed by atoms with E-state index in [2.05, 4.69) is 0 Å². The van der Waals surface area contributed by atoms with E-state index in [0.29, 0.717) is 0 Å². The molecule has 0 saturated heterocycles. The van der Waals surface area contributed by atoms with Crippen molar-refractivity contribution < 1.29 is 34.8 Å². The summed E-state index contributed by atoms with van der Waals surface area (Å²) in [6.07, 6.45) is 0. The fraction of sp³-hybridized carbons (Fsp3) is 0.143. The average molecular weight is 514 g/mol. The van der Waals surface area contributed by atoms with Crippen molar-refractivity contribution in [2.24, 2.45) is 0 Å². The van der Waals surface area contributed by atoms with Crippen LogP contribution in [0.1, 0.15) is 5.56 Å². The maximum absolute atomic E-state index is 17.3. The molecule has 0 radical (unpaired) electrons. The van der Waals surface area contributed by atoms with Gasteiger partial charge in [0.25, 0.3) is 20.0 Å². The standard InChI is InChI=1S/C21H21FNO7PS2/c1-29-31(24,30-2)21(22,18-12-6-3-7-13-18)23(32(25,26)19-14-8-4-9-15-19)33(27,28)20-16-10-5-11-17-20/h3-17H,1-2H3.